The molecule has 1 aliphatic rings. The Kier molecular flexibility index (Phi) is 5.68. The van der Waals surface area contributed by atoms with E-state index in [1.165, 1.54) is 0 Å². The Morgan fingerprint density at radius 2 is 1.67 bits per heavy atom. The molecule has 2 N–H and O–H groups in total. The van der Waals surface area contributed by atoms with Crippen LogP contribution in [0.15, 0.2) is 72.8 Å². The van der Waals surface area contributed by atoms with E-state index < -0.39 is 0 Å². The standard InChI is InChI=1S/C28H26N4O/c1-19-17-29-18-20(2)32(19)28(33)23-13-15-27-25(16-23)26(30-31-27)14-12-22-10-6-7-11-24(22)21-8-4-3-5-9-21/h3-11,13,15-16,19-20,29H,17-18H2,1-2H3,(H,30,31)/t19-,20-/m0/s1. The number of nitrogens with zero attached hydrogens (tertiary/aromatic N) is 2. The molecular weight excluding hydrogens is 408 g/mol. The monoisotopic (exact) mass is 434 g/mol. The fourth-order valence-electron chi connectivity index (χ4n) is 4.51. The van der Waals surface area contributed by atoms with Crippen molar-refractivity contribution in [3.8, 4) is 23.0 Å². The molecule has 2 heterocycles. The van der Waals surface area contributed by atoms with Crippen molar-refractivity contribution in [1.82, 2.24) is 20.4 Å². The lowest BCUT2D eigenvalue weighted by Gasteiger charge is -2.39. The highest BCUT2D eigenvalue weighted by atomic mass is 16.2. The van der Waals surface area contributed by atoms with Crippen molar-refractivity contribution in [2.75, 3.05) is 13.1 Å². The van der Waals surface area contributed by atoms with Gasteiger partial charge in [-0.05, 0) is 55.2 Å². The van der Waals surface area contributed by atoms with Gasteiger partial charge in [-0.2, -0.15) is 5.10 Å². The second-order valence-electron chi connectivity index (χ2n) is 8.56. The molecule has 0 unspecified atom stereocenters. The summed E-state index contributed by atoms with van der Waals surface area (Å²) in [6, 6.07) is 24.3. The van der Waals surface area contributed by atoms with Gasteiger partial charge in [0.05, 0.1) is 5.52 Å². The van der Waals surface area contributed by atoms with Gasteiger partial charge in [-0.15, -0.1) is 0 Å². The molecule has 4 aromatic rings. The highest BCUT2D eigenvalue weighted by molar-refractivity contribution is 5.99. The number of carbonyl (C=O) groups is 1. The Morgan fingerprint density at radius 3 is 2.45 bits per heavy atom. The summed E-state index contributed by atoms with van der Waals surface area (Å²) in [5, 5.41) is 11.7. The maximum Gasteiger partial charge on any atom is 0.254 e. The number of hydrogen-bond donors (Lipinski definition) is 2. The zero-order chi connectivity index (χ0) is 22.8. The second-order valence-corrected chi connectivity index (χ2v) is 8.56. The van der Waals surface area contributed by atoms with Gasteiger partial charge in [0.25, 0.3) is 5.91 Å². The normalized spacial score (nSPS) is 18.1. The molecule has 2 atom stereocenters. The van der Waals surface area contributed by atoms with Gasteiger partial charge < -0.3 is 10.2 Å². The molecule has 1 amide bonds. The maximum atomic E-state index is 13.3. The zero-order valence-electron chi connectivity index (χ0n) is 18.8. The van der Waals surface area contributed by atoms with Gasteiger partial charge in [0.1, 0.15) is 5.69 Å². The van der Waals surface area contributed by atoms with Gasteiger partial charge in [0, 0.05) is 41.7 Å². The summed E-state index contributed by atoms with van der Waals surface area (Å²) in [5.41, 5.74) is 5.33. The topological polar surface area (TPSA) is 61.0 Å². The van der Waals surface area contributed by atoms with E-state index in [4.69, 9.17) is 0 Å². The van der Waals surface area contributed by atoms with E-state index in [0.29, 0.717) is 11.3 Å². The highest BCUT2D eigenvalue weighted by Crippen LogP contribution is 2.24. The number of aromatic amines is 1. The van der Waals surface area contributed by atoms with Crippen molar-refractivity contribution < 1.29 is 4.79 Å². The number of hydrogen-bond acceptors (Lipinski definition) is 3. The van der Waals surface area contributed by atoms with E-state index in [-0.39, 0.29) is 18.0 Å². The van der Waals surface area contributed by atoms with Crippen LogP contribution in [0.4, 0.5) is 0 Å². The van der Waals surface area contributed by atoms with Gasteiger partial charge in [0.15, 0.2) is 0 Å². The first kappa shape index (κ1) is 21.0. The van der Waals surface area contributed by atoms with E-state index in [0.717, 1.165) is 40.7 Å². The molecule has 5 rings (SSSR count). The summed E-state index contributed by atoms with van der Waals surface area (Å²) < 4.78 is 0. The molecule has 1 aliphatic heterocycles. The minimum atomic E-state index is 0.0490. The molecule has 0 aliphatic carbocycles. The van der Waals surface area contributed by atoms with Gasteiger partial charge in [0.2, 0.25) is 0 Å². The van der Waals surface area contributed by atoms with E-state index in [2.05, 4.69) is 59.4 Å². The molecular formula is C28H26N4O. The minimum absolute atomic E-state index is 0.0490. The Morgan fingerprint density at radius 1 is 0.939 bits per heavy atom. The first-order valence-electron chi connectivity index (χ1n) is 11.3. The summed E-state index contributed by atoms with van der Waals surface area (Å²) in [6.07, 6.45) is 0. The van der Waals surface area contributed by atoms with E-state index >= 15 is 0 Å². The second kappa shape index (κ2) is 8.93. The quantitative estimate of drug-likeness (QED) is 0.458. The molecule has 0 spiro atoms. The third kappa shape index (κ3) is 4.13. The number of benzene rings is 3. The lowest BCUT2D eigenvalue weighted by Crippen LogP contribution is -2.57. The number of nitrogens with one attached hydrogen (secondary N) is 2. The van der Waals surface area contributed by atoms with Gasteiger partial charge in [-0.25, -0.2) is 0 Å². The number of piperazine rings is 1. The summed E-state index contributed by atoms with van der Waals surface area (Å²) >= 11 is 0. The van der Waals surface area contributed by atoms with Crippen LogP contribution in [0.25, 0.3) is 22.0 Å². The van der Waals surface area contributed by atoms with Crippen molar-refractivity contribution in [2.45, 2.75) is 25.9 Å². The van der Waals surface area contributed by atoms with Crippen LogP contribution in [0.2, 0.25) is 0 Å². The first-order valence-corrected chi connectivity index (χ1v) is 11.3. The first-order chi connectivity index (χ1) is 16.1. The lowest BCUT2D eigenvalue weighted by molar-refractivity contribution is 0.0544. The zero-order valence-corrected chi connectivity index (χ0v) is 18.8. The number of rotatable bonds is 2. The summed E-state index contributed by atoms with van der Waals surface area (Å²) in [7, 11) is 0. The van der Waals surface area contributed by atoms with Crippen molar-refractivity contribution in [1.29, 1.82) is 0 Å². The van der Waals surface area contributed by atoms with Crippen LogP contribution in [0.1, 0.15) is 35.5 Å². The predicted molar refractivity (Wildman–Crippen MR) is 132 cm³/mol. The third-order valence-corrected chi connectivity index (χ3v) is 6.20. The van der Waals surface area contributed by atoms with Crippen LogP contribution in [0.5, 0.6) is 0 Å². The molecule has 1 aromatic heterocycles. The summed E-state index contributed by atoms with van der Waals surface area (Å²) in [5.74, 6) is 6.58. The molecule has 1 fully saturated rings. The molecule has 3 aromatic carbocycles. The van der Waals surface area contributed by atoms with Crippen molar-refractivity contribution in [3.05, 3.63) is 89.6 Å². The summed E-state index contributed by atoms with van der Waals surface area (Å²) in [6.45, 7) is 5.78. The van der Waals surface area contributed by atoms with Crippen LogP contribution in [0, 0.1) is 11.8 Å². The number of amides is 1. The van der Waals surface area contributed by atoms with E-state index in [9.17, 15) is 4.79 Å². The molecule has 0 bridgehead atoms. The smallest absolute Gasteiger partial charge is 0.254 e. The molecule has 33 heavy (non-hydrogen) atoms. The molecule has 5 heteroatoms. The average molecular weight is 435 g/mol. The SMILES string of the molecule is C[C@H]1CNC[C@H](C)N1C(=O)c1ccc2[nH]nc(C#Cc3ccccc3-c3ccccc3)c2c1. The fourth-order valence-corrected chi connectivity index (χ4v) is 4.51. The Hall–Kier alpha value is -3.88. The highest BCUT2D eigenvalue weighted by Gasteiger charge is 2.29. The van der Waals surface area contributed by atoms with E-state index in [1.807, 2.05) is 59.5 Å². The largest absolute Gasteiger partial charge is 0.331 e. The van der Waals surface area contributed by atoms with Crippen LogP contribution in [-0.4, -0.2) is 46.2 Å². The molecule has 164 valence electrons. The van der Waals surface area contributed by atoms with Crippen molar-refractivity contribution >= 4 is 16.8 Å². The number of carbonyl (C=O) groups excluding carboxylic acids is 1. The van der Waals surface area contributed by atoms with Gasteiger partial charge >= 0.3 is 0 Å². The number of H-pyrrole nitrogens is 1. The van der Waals surface area contributed by atoms with Gasteiger partial charge in [-0.1, -0.05) is 54.5 Å². The molecule has 0 radical (unpaired) electrons. The lowest BCUT2D eigenvalue weighted by atomic mass is 10.00. The number of aromatic nitrogens is 2. The molecule has 0 saturated carbocycles. The van der Waals surface area contributed by atoms with Crippen molar-refractivity contribution in [2.24, 2.45) is 0 Å². The predicted octanol–water partition coefficient (Wildman–Crippen LogP) is 4.45. The Balaban J connectivity index is 1.50. The molecule has 5 nitrogen and oxygen atoms in total. The molecule has 1 saturated heterocycles. The number of fused-ring (bicyclic) bond motifs is 1. The van der Waals surface area contributed by atoms with Gasteiger partial charge in [-0.3, -0.25) is 9.89 Å². The fraction of sp³-hybridized carbons (Fsp3) is 0.214. The summed E-state index contributed by atoms with van der Waals surface area (Å²) in [4.78, 5) is 15.3. The van der Waals surface area contributed by atoms with Crippen LogP contribution < -0.4 is 5.32 Å². The van der Waals surface area contributed by atoms with Crippen LogP contribution >= 0.6 is 0 Å². The van der Waals surface area contributed by atoms with Crippen LogP contribution in [0.3, 0.4) is 0 Å². The minimum Gasteiger partial charge on any atom is -0.331 e. The maximum absolute atomic E-state index is 13.3. The van der Waals surface area contributed by atoms with Crippen LogP contribution in [-0.2, 0) is 0 Å². The average Bonchev–Trinajstić information content (AvgIpc) is 3.25. The van der Waals surface area contributed by atoms with Crippen molar-refractivity contribution in [3.63, 3.8) is 0 Å². The van der Waals surface area contributed by atoms with E-state index in [1.54, 1.807) is 0 Å². The Labute approximate surface area is 193 Å². The third-order valence-electron chi connectivity index (χ3n) is 6.20. The Bertz CT molecular complexity index is 1350.